The number of nitrogens with zero attached hydrogens (tertiary/aromatic N) is 3. The molecule has 0 aliphatic rings. The molecule has 18 heavy (non-hydrogen) atoms. The van der Waals surface area contributed by atoms with Crippen LogP contribution in [0.1, 0.15) is 13.8 Å². The lowest BCUT2D eigenvalue weighted by Gasteiger charge is -2.22. The Kier molecular flexibility index (Phi) is 5.42. The third-order valence-electron chi connectivity index (χ3n) is 1.99. The van der Waals surface area contributed by atoms with Gasteiger partial charge in [0.1, 0.15) is 0 Å². The van der Waals surface area contributed by atoms with E-state index < -0.39 is 5.60 Å². The predicted molar refractivity (Wildman–Crippen MR) is 72.9 cm³/mol. The summed E-state index contributed by atoms with van der Waals surface area (Å²) < 4.78 is 5.16. The second-order valence-corrected chi connectivity index (χ2v) is 4.88. The zero-order chi connectivity index (χ0) is 13.6. The standard InChI is InChI=1S/C10H19N5O2S/c1-4-17-9-14-7(11)13-8(15-9)12-5-10(2,16)6-18-3/h16H,4-6H2,1-3H3,(H3,11,12,13,14,15). The van der Waals surface area contributed by atoms with Gasteiger partial charge in [-0.3, -0.25) is 0 Å². The average Bonchev–Trinajstić information content (AvgIpc) is 2.26. The molecule has 1 unspecified atom stereocenters. The molecule has 0 amide bonds. The van der Waals surface area contributed by atoms with E-state index in [1.54, 1.807) is 18.7 Å². The van der Waals surface area contributed by atoms with Crippen molar-refractivity contribution in [3.05, 3.63) is 0 Å². The van der Waals surface area contributed by atoms with Crippen molar-refractivity contribution in [3.8, 4) is 6.01 Å². The number of aliphatic hydroxyl groups is 1. The van der Waals surface area contributed by atoms with Crippen molar-refractivity contribution in [2.45, 2.75) is 19.4 Å². The lowest BCUT2D eigenvalue weighted by atomic mass is 10.1. The van der Waals surface area contributed by atoms with Crippen molar-refractivity contribution in [2.75, 3.05) is 36.2 Å². The summed E-state index contributed by atoms with van der Waals surface area (Å²) in [4.78, 5) is 11.8. The van der Waals surface area contributed by atoms with Crippen LogP contribution in [0.4, 0.5) is 11.9 Å². The van der Waals surface area contributed by atoms with E-state index in [9.17, 15) is 5.11 Å². The van der Waals surface area contributed by atoms with Gasteiger partial charge < -0.3 is 20.9 Å². The van der Waals surface area contributed by atoms with Gasteiger partial charge >= 0.3 is 6.01 Å². The van der Waals surface area contributed by atoms with Gasteiger partial charge in [0.25, 0.3) is 0 Å². The molecule has 0 aliphatic heterocycles. The van der Waals surface area contributed by atoms with Gasteiger partial charge in [-0.2, -0.15) is 26.7 Å². The maximum Gasteiger partial charge on any atom is 0.323 e. The largest absolute Gasteiger partial charge is 0.464 e. The van der Waals surface area contributed by atoms with Gasteiger partial charge in [-0.05, 0) is 20.1 Å². The number of anilines is 2. The van der Waals surface area contributed by atoms with Crippen LogP contribution < -0.4 is 15.8 Å². The molecule has 1 rings (SSSR count). The molecule has 0 aromatic carbocycles. The number of thioether (sulfide) groups is 1. The maximum atomic E-state index is 10.0. The van der Waals surface area contributed by atoms with E-state index in [4.69, 9.17) is 10.5 Å². The molecule has 0 saturated heterocycles. The fourth-order valence-electron chi connectivity index (χ4n) is 1.28. The van der Waals surface area contributed by atoms with Gasteiger partial charge in [0.15, 0.2) is 0 Å². The Balaban J connectivity index is 2.66. The molecule has 0 spiro atoms. The number of nitrogens with one attached hydrogen (secondary N) is 1. The number of nitrogens with two attached hydrogens (primary N) is 1. The van der Waals surface area contributed by atoms with Crippen LogP contribution in [0.2, 0.25) is 0 Å². The molecule has 0 saturated carbocycles. The summed E-state index contributed by atoms with van der Waals surface area (Å²) in [6, 6.07) is 0.178. The summed E-state index contributed by atoms with van der Waals surface area (Å²) >= 11 is 1.57. The fraction of sp³-hybridized carbons (Fsp3) is 0.700. The molecular formula is C10H19N5O2S. The Hall–Kier alpha value is -1.28. The average molecular weight is 273 g/mol. The SMILES string of the molecule is CCOc1nc(N)nc(NCC(C)(O)CSC)n1. The molecule has 1 aromatic rings. The van der Waals surface area contributed by atoms with Crippen LogP contribution in [0.5, 0.6) is 6.01 Å². The van der Waals surface area contributed by atoms with Crippen LogP contribution >= 0.6 is 11.8 Å². The normalized spacial score (nSPS) is 14.0. The van der Waals surface area contributed by atoms with E-state index in [2.05, 4.69) is 20.3 Å². The molecule has 0 radical (unpaired) electrons. The van der Waals surface area contributed by atoms with Crippen molar-refractivity contribution in [1.82, 2.24) is 15.0 Å². The van der Waals surface area contributed by atoms with Crippen LogP contribution in [-0.4, -0.2) is 50.8 Å². The molecule has 0 fully saturated rings. The third kappa shape index (κ3) is 4.92. The molecular weight excluding hydrogens is 254 g/mol. The number of nitrogen functional groups attached to an aromatic ring is 1. The minimum atomic E-state index is -0.841. The summed E-state index contributed by atoms with van der Waals surface area (Å²) in [5.74, 6) is 0.992. The van der Waals surface area contributed by atoms with E-state index in [1.807, 2.05) is 13.2 Å². The first-order valence-corrected chi connectivity index (χ1v) is 6.96. The van der Waals surface area contributed by atoms with Crippen molar-refractivity contribution in [1.29, 1.82) is 0 Å². The minimum absolute atomic E-state index is 0.0838. The molecule has 0 aliphatic carbocycles. The quantitative estimate of drug-likeness (QED) is 0.654. The number of hydrogen-bond acceptors (Lipinski definition) is 8. The Morgan fingerprint density at radius 1 is 1.44 bits per heavy atom. The molecule has 1 atom stereocenters. The first-order chi connectivity index (χ1) is 8.46. The second kappa shape index (κ2) is 6.60. The highest BCUT2D eigenvalue weighted by atomic mass is 32.2. The Bertz CT molecular complexity index is 389. The first kappa shape index (κ1) is 14.8. The highest BCUT2D eigenvalue weighted by molar-refractivity contribution is 7.98. The van der Waals surface area contributed by atoms with Gasteiger partial charge in [0, 0.05) is 12.3 Å². The fourth-order valence-corrected chi connectivity index (χ4v) is 2.00. The van der Waals surface area contributed by atoms with E-state index in [0.29, 0.717) is 24.9 Å². The van der Waals surface area contributed by atoms with Gasteiger partial charge in [-0.25, -0.2) is 0 Å². The second-order valence-electron chi connectivity index (χ2n) is 4.02. The molecule has 102 valence electrons. The van der Waals surface area contributed by atoms with Crippen LogP contribution in [0.3, 0.4) is 0 Å². The van der Waals surface area contributed by atoms with E-state index in [1.165, 1.54) is 0 Å². The van der Waals surface area contributed by atoms with Crippen molar-refractivity contribution < 1.29 is 9.84 Å². The number of rotatable bonds is 7. The summed E-state index contributed by atoms with van der Waals surface area (Å²) in [6.07, 6.45) is 1.93. The number of hydrogen-bond donors (Lipinski definition) is 3. The summed E-state index contributed by atoms with van der Waals surface area (Å²) in [5.41, 5.74) is 4.70. The molecule has 7 nitrogen and oxygen atoms in total. The Labute approximate surface area is 111 Å². The molecule has 4 N–H and O–H groups in total. The highest BCUT2D eigenvalue weighted by Gasteiger charge is 2.20. The minimum Gasteiger partial charge on any atom is -0.464 e. The Morgan fingerprint density at radius 2 is 2.17 bits per heavy atom. The topological polar surface area (TPSA) is 106 Å². The lowest BCUT2D eigenvalue weighted by Crippen LogP contribution is -2.36. The van der Waals surface area contributed by atoms with Crippen molar-refractivity contribution >= 4 is 23.7 Å². The smallest absolute Gasteiger partial charge is 0.323 e. The molecule has 8 heteroatoms. The third-order valence-corrected chi connectivity index (χ3v) is 2.90. The van der Waals surface area contributed by atoms with E-state index in [0.717, 1.165) is 0 Å². The monoisotopic (exact) mass is 273 g/mol. The van der Waals surface area contributed by atoms with Crippen molar-refractivity contribution in [3.63, 3.8) is 0 Å². The summed E-state index contributed by atoms with van der Waals surface area (Å²) in [6.45, 7) is 4.34. The summed E-state index contributed by atoms with van der Waals surface area (Å²) in [5, 5.41) is 12.9. The van der Waals surface area contributed by atoms with Crippen LogP contribution in [0, 0.1) is 0 Å². The first-order valence-electron chi connectivity index (χ1n) is 5.56. The predicted octanol–water partition coefficient (Wildman–Crippen LogP) is 0.378. The number of aromatic nitrogens is 3. The lowest BCUT2D eigenvalue weighted by molar-refractivity contribution is 0.0995. The van der Waals surface area contributed by atoms with E-state index >= 15 is 0 Å². The van der Waals surface area contributed by atoms with Crippen LogP contribution in [-0.2, 0) is 0 Å². The van der Waals surface area contributed by atoms with Crippen molar-refractivity contribution in [2.24, 2.45) is 0 Å². The summed E-state index contributed by atoms with van der Waals surface area (Å²) in [7, 11) is 0. The van der Waals surface area contributed by atoms with Crippen LogP contribution in [0.25, 0.3) is 0 Å². The molecule has 1 aromatic heterocycles. The molecule has 0 bridgehead atoms. The van der Waals surface area contributed by atoms with Gasteiger partial charge in [0.2, 0.25) is 11.9 Å². The maximum absolute atomic E-state index is 10.0. The highest BCUT2D eigenvalue weighted by Crippen LogP contribution is 2.13. The van der Waals surface area contributed by atoms with Gasteiger partial charge in [-0.1, -0.05) is 0 Å². The number of ether oxygens (including phenoxy) is 1. The zero-order valence-electron chi connectivity index (χ0n) is 10.8. The molecule has 1 heterocycles. The Morgan fingerprint density at radius 3 is 2.78 bits per heavy atom. The van der Waals surface area contributed by atoms with Crippen LogP contribution in [0.15, 0.2) is 0 Å². The van der Waals surface area contributed by atoms with Gasteiger partial charge in [0.05, 0.1) is 12.2 Å². The zero-order valence-corrected chi connectivity index (χ0v) is 11.6. The van der Waals surface area contributed by atoms with E-state index in [-0.39, 0.29) is 12.0 Å². The van der Waals surface area contributed by atoms with Gasteiger partial charge in [-0.15, -0.1) is 0 Å².